The number of rotatable bonds is 2. The molecule has 0 spiro atoms. The fourth-order valence-corrected chi connectivity index (χ4v) is 2.17. The van der Waals surface area contributed by atoms with Gasteiger partial charge in [-0.1, -0.05) is 29.5 Å². The summed E-state index contributed by atoms with van der Waals surface area (Å²) in [7, 11) is 0. The summed E-state index contributed by atoms with van der Waals surface area (Å²) >= 11 is 0.875. The Morgan fingerprint density at radius 2 is 1.84 bits per heavy atom. The Morgan fingerprint density at radius 3 is 2.47 bits per heavy atom. The largest absolute Gasteiger partial charge is 0.417 e. The number of benzene rings is 1. The van der Waals surface area contributed by atoms with Crippen molar-refractivity contribution in [2.24, 2.45) is 16.5 Å². The Kier molecular flexibility index (Phi) is 3.38. The van der Waals surface area contributed by atoms with Gasteiger partial charge in [0.2, 0.25) is 5.13 Å². The molecule has 0 atom stereocenters. The third kappa shape index (κ3) is 2.99. The van der Waals surface area contributed by atoms with Crippen molar-refractivity contribution in [1.29, 1.82) is 0 Å². The van der Waals surface area contributed by atoms with E-state index in [1.54, 1.807) is 0 Å². The SMILES string of the molecule is NC(N)=Nc1nnc(-c2ccccc2C(F)(F)F)s1. The molecule has 0 radical (unpaired) electrons. The Hall–Kier alpha value is -2.16. The first-order valence-electron chi connectivity index (χ1n) is 4.97. The maximum Gasteiger partial charge on any atom is 0.417 e. The van der Waals surface area contributed by atoms with Crippen LogP contribution in [0.5, 0.6) is 0 Å². The van der Waals surface area contributed by atoms with Crippen molar-refractivity contribution in [1.82, 2.24) is 10.2 Å². The van der Waals surface area contributed by atoms with Gasteiger partial charge in [0, 0.05) is 5.56 Å². The summed E-state index contributed by atoms with van der Waals surface area (Å²) in [6, 6.07) is 5.11. The molecule has 0 aliphatic heterocycles. The Balaban J connectivity index is 2.48. The van der Waals surface area contributed by atoms with E-state index in [1.165, 1.54) is 18.2 Å². The lowest BCUT2D eigenvalue weighted by Gasteiger charge is -2.09. The Morgan fingerprint density at radius 1 is 1.16 bits per heavy atom. The van der Waals surface area contributed by atoms with Crippen molar-refractivity contribution in [2.45, 2.75) is 6.18 Å². The van der Waals surface area contributed by atoms with Gasteiger partial charge in [-0.25, -0.2) is 0 Å². The number of alkyl halides is 3. The minimum Gasteiger partial charge on any atom is -0.370 e. The van der Waals surface area contributed by atoms with Crippen LogP contribution in [0.2, 0.25) is 0 Å². The molecule has 9 heteroatoms. The summed E-state index contributed by atoms with van der Waals surface area (Å²) in [6.45, 7) is 0. The summed E-state index contributed by atoms with van der Waals surface area (Å²) in [4.78, 5) is 3.63. The van der Waals surface area contributed by atoms with Gasteiger partial charge < -0.3 is 11.5 Å². The molecule has 0 fully saturated rings. The highest BCUT2D eigenvalue weighted by molar-refractivity contribution is 7.18. The number of aromatic nitrogens is 2. The highest BCUT2D eigenvalue weighted by Crippen LogP contribution is 2.38. The first-order valence-corrected chi connectivity index (χ1v) is 5.79. The second kappa shape index (κ2) is 4.84. The molecule has 5 nitrogen and oxygen atoms in total. The summed E-state index contributed by atoms with van der Waals surface area (Å²) in [5, 5.41) is 7.48. The van der Waals surface area contributed by atoms with Crippen LogP contribution in [0.25, 0.3) is 10.6 Å². The summed E-state index contributed by atoms with van der Waals surface area (Å²) < 4.78 is 38.5. The van der Waals surface area contributed by atoms with Gasteiger partial charge in [0.05, 0.1) is 5.56 Å². The van der Waals surface area contributed by atoms with Crippen molar-refractivity contribution in [3.8, 4) is 10.6 Å². The molecule has 0 unspecified atom stereocenters. The Bertz CT molecular complexity index is 616. The zero-order valence-corrected chi connectivity index (χ0v) is 10.2. The first-order chi connectivity index (χ1) is 8.88. The molecule has 19 heavy (non-hydrogen) atoms. The van der Waals surface area contributed by atoms with Crippen molar-refractivity contribution >= 4 is 22.4 Å². The monoisotopic (exact) mass is 287 g/mol. The molecule has 2 rings (SSSR count). The molecule has 0 amide bonds. The fraction of sp³-hybridized carbons (Fsp3) is 0.100. The van der Waals surface area contributed by atoms with Crippen molar-refractivity contribution < 1.29 is 13.2 Å². The van der Waals surface area contributed by atoms with E-state index >= 15 is 0 Å². The molecular formula is C10H8F3N5S. The average Bonchev–Trinajstić information content (AvgIpc) is 2.75. The van der Waals surface area contributed by atoms with E-state index in [0.717, 1.165) is 17.4 Å². The molecule has 0 aliphatic rings. The van der Waals surface area contributed by atoms with Crippen molar-refractivity contribution in [3.63, 3.8) is 0 Å². The molecule has 0 bridgehead atoms. The second-order valence-corrected chi connectivity index (χ2v) is 4.43. The van der Waals surface area contributed by atoms with E-state index in [2.05, 4.69) is 15.2 Å². The first kappa shape index (κ1) is 13.3. The molecule has 1 aromatic heterocycles. The van der Waals surface area contributed by atoms with Crippen LogP contribution < -0.4 is 11.5 Å². The van der Waals surface area contributed by atoms with E-state index in [9.17, 15) is 13.2 Å². The van der Waals surface area contributed by atoms with Gasteiger partial charge >= 0.3 is 6.18 Å². The van der Waals surface area contributed by atoms with Gasteiger partial charge in [0.25, 0.3) is 0 Å². The number of nitrogens with zero attached hydrogens (tertiary/aromatic N) is 3. The molecule has 100 valence electrons. The predicted octanol–water partition coefficient (Wildman–Crippen LogP) is 2.13. The topological polar surface area (TPSA) is 90.2 Å². The molecule has 0 saturated heterocycles. The van der Waals surface area contributed by atoms with Crippen LogP contribution in [0.3, 0.4) is 0 Å². The summed E-state index contributed by atoms with van der Waals surface area (Å²) in [5.41, 5.74) is 9.49. The van der Waals surface area contributed by atoms with Gasteiger partial charge in [-0.05, 0) is 6.07 Å². The Labute approximate surface area is 109 Å². The highest BCUT2D eigenvalue weighted by Gasteiger charge is 2.34. The zero-order chi connectivity index (χ0) is 14.0. The van der Waals surface area contributed by atoms with E-state index in [4.69, 9.17) is 11.5 Å². The maximum absolute atomic E-state index is 12.8. The van der Waals surface area contributed by atoms with Gasteiger partial charge in [0.1, 0.15) is 5.01 Å². The van der Waals surface area contributed by atoms with E-state index in [1.807, 2.05) is 0 Å². The minimum atomic E-state index is -4.46. The van der Waals surface area contributed by atoms with Crippen molar-refractivity contribution in [2.75, 3.05) is 0 Å². The molecule has 0 saturated carbocycles. The molecule has 0 aliphatic carbocycles. The number of hydrogen-bond donors (Lipinski definition) is 2. The maximum atomic E-state index is 12.8. The number of guanidine groups is 1. The average molecular weight is 287 g/mol. The van der Waals surface area contributed by atoms with E-state index in [-0.39, 0.29) is 21.7 Å². The fourth-order valence-electron chi connectivity index (χ4n) is 1.40. The third-order valence-corrected chi connectivity index (χ3v) is 2.95. The van der Waals surface area contributed by atoms with Crippen LogP contribution in [-0.4, -0.2) is 16.2 Å². The lowest BCUT2D eigenvalue weighted by molar-refractivity contribution is -0.137. The van der Waals surface area contributed by atoms with Gasteiger partial charge in [-0.3, -0.25) is 0 Å². The number of aliphatic imine (C=N–C) groups is 1. The zero-order valence-electron chi connectivity index (χ0n) is 9.35. The predicted molar refractivity (Wildman–Crippen MR) is 65.8 cm³/mol. The standard InChI is InChI=1S/C10H8F3N5S/c11-10(12,13)6-4-2-1-3-5(6)7-17-18-9(19-7)16-8(14)15/h1-4H,(H4,14,15,16,18). The summed E-state index contributed by atoms with van der Waals surface area (Å²) in [6.07, 6.45) is -4.46. The van der Waals surface area contributed by atoms with E-state index < -0.39 is 11.7 Å². The van der Waals surface area contributed by atoms with Crippen LogP contribution in [0.15, 0.2) is 29.3 Å². The second-order valence-electron chi connectivity index (χ2n) is 3.47. The third-order valence-electron chi connectivity index (χ3n) is 2.10. The number of nitrogens with two attached hydrogens (primary N) is 2. The summed E-state index contributed by atoms with van der Waals surface area (Å²) in [5.74, 6) is -0.230. The molecule has 2 aromatic rings. The molecule has 1 heterocycles. The van der Waals surface area contributed by atoms with E-state index in [0.29, 0.717) is 0 Å². The smallest absolute Gasteiger partial charge is 0.370 e. The van der Waals surface area contributed by atoms with Gasteiger partial charge in [-0.15, -0.1) is 10.2 Å². The van der Waals surface area contributed by atoms with Gasteiger partial charge in [0.15, 0.2) is 5.96 Å². The quantitative estimate of drug-likeness (QED) is 0.654. The van der Waals surface area contributed by atoms with Gasteiger partial charge in [-0.2, -0.15) is 18.2 Å². The molecule has 1 aromatic carbocycles. The molecule has 4 N–H and O–H groups in total. The van der Waals surface area contributed by atoms with Crippen LogP contribution in [0.1, 0.15) is 5.56 Å². The normalized spacial score (nSPS) is 11.3. The lowest BCUT2D eigenvalue weighted by Crippen LogP contribution is -2.21. The van der Waals surface area contributed by atoms with Crippen LogP contribution >= 0.6 is 11.3 Å². The molecular weight excluding hydrogens is 279 g/mol. The number of hydrogen-bond acceptors (Lipinski definition) is 4. The highest BCUT2D eigenvalue weighted by atomic mass is 32.1. The van der Waals surface area contributed by atoms with Crippen LogP contribution in [-0.2, 0) is 6.18 Å². The number of halogens is 3. The van der Waals surface area contributed by atoms with Crippen molar-refractivity contribution in [3.05, 3.63) is 29.8 Å². The van der Waals surface area contributed by atoms with Crippen LogP contribution in [0, 0.1) is 0 Å². The van der Waals surface area contributed by atoms with Crippen LogP contribution in [0.4, 0.5) is 18.3 Å². The lowest BCUT2D eigenvalue weighted by atomic mass is 10.1. The minimum absolute atomic E-state index is 0.0513.